The molecule has 19 heteroatoms. The average molecular weight is 1370 g/mol. The van der Waals surface area contributed by atoms with Crippen LogP contribution in [0, 0.1) is 0 Å². The number of allylic oxidation sites excluding steroid dienone is 23. The van der Waals surface area contributed by atoms with E-state index in [2.05, 4.69) is 153 Å². The highest BCUT2D eigenvalue weighted by molar-refractivity contribution is 5.76. The van der Waals surface area contributed by atoms with E-state index in [0.717, 1.165) is 109 Å². The van der Waals surface area contributed by atoms with E-state index in [1.807, 2.05) is 6.08 Å². The lowest BCUT2D eigenvalue weighted by Gasteiger charge is -2.48. The molecule has 3 rings (SSSR count). The molecule has 17 unspecified atom stereocenters. The average Bonchev–Trinajstić information content (AvgIpc) is 0.792. The summed E-state index contributed by atoms with van der Waals surface area (Å²) >= 11 is 0. The van der Waals surface area contributed by atoms with Gasteiger partial charge in [0.15, 0.2) is 18.9 Å². The van der Waals surface area contributed by atoms with Crippen LogP contribution in [0.2, 0.25) is 0 Å². The number of aliphatic hydroxyl groups excluding tert-OH is 11. The molecule has 3 heterocycles. The molecule has 1 amide bonds. The first-order chi connectivity index (χ1) is 47.3. The highest BCUT2D eigenvalue weighted by Crippen LogP contribution is 2.33. The number of amides is 1. The number of aliphatic hydroxyl groups is 11. The van der Waals surface area contributed by atoms with E-state index in [1.165, 1.54) is 64.2 Å². The molecule has 97 heavy (non-hydrogen) atoms. The minimum absolute atomic E-state index is 0.195. The van der Waals surface area contributed by atoms with Gasteiger partial charge in [-0.25, -0.2) is 0 Å². The molecule has 0 aliphatic carbocycles. The summed E-state index contributed by atoms with van der Waals surface area (Å²) in [6.07, 6.45) is 55.4. The molecule has 17 atom stereocenters. The summed E-state index contributed by atoms with van der Waals surface area (Å²) in [5.74, 6) is -0.316. The van der Waals surface area contributed by atoms with Crippen molar-refractivity contribution in [3.8, 4) is 0 Å². The highest BCUT2D eigenvalue weighted by atomic mass is 16.8. The lowest BCUT2D eigenvalue weighted by atomic mass is 9.96. The van der Waals surface area contributed by atoms with Crippen LogP contribution in [0.5, 0.6) is 0 Å². The molecule has 0 bridgehead atoms. The van der Waals surface area contributed by atoms with Crippen LogP contribution in [0.25, 0.3) is 0 Å². The van der Waals surface area contributed by atoms with Crippen molar-refractivity contribution < 1.29 is 89.4 Å². The second-order valence-electron chi connectivity index (χ2n) is 25.3. The Hall–Kier alpha value is -4.33. The van der Waals surface area contributed by atoms with Gasteiger partial charge in [-0.05, 0) is 109 Å². The molecule has 3 aliphatic rings. The lowest BCUT2D eigenvalue weighted by molar-refractivity contribution is -0.379. The van der Waals surface area contributed by atoms with Crippen LogP contribution in [0.4, 0.5) is 0 Å². The van der Waals surface area contributed by atoms with E-state index >= 15 is 0 Å². The number of nitrogens with one attached hydrogen (secondary N) is 1. The summed E-state index contributed by atoms with van der Waals surface area (Å²) in [5.41, 5.74) is 0. The maximum atomic E-state index is 13.4. The fourth-order valence-electron chi connectivity index (χ4n) is 11.2. The van der Waals surface area contributed by atoms with Crippen LogP contribution in [0.3, 0.4) is 0 Å². The van der Waals surface area contributed by atoms with Gasteiger partial charge >= 0.3 is 0 Å². The molecule has 0 saturated carbocycles. The summed E-state index contributed by atoms with van der Waals surface area (Å²) in [6, 6.07) is -1.02. The van der Waals surface area contributed by atoms with Crippen molar-refractivity contribution in [2.24, 2.45) is 0 Å². The predicted octanol–water partition coefficient (Wildman–Crippen LogP) is 10.7. The van der Waals surface area contributed by atoms with Gasteiger partial charge in [-0.15, -0.1) is 0 Å². The topological polar surface area (TPSA) is 307 Å². The van der Waals surface area contributed by atoms with Gasteiger partial charge in [0, 0.05) is 6.42 Å². The van der Waals surface area contributed by atoms with Crippen molar-refractivity contribution >= 4 is 5.91 Å². The van der Waals surface area contributed by atoms with Crippen molar-refractivity contribution in [2.75, 3.05) is 26.4 Å². The molecule has 0 spiro atoms. The minimum atomic E-state index is -1.99. The standard InChI is InChI=1S/C78H127NO18/c1-3-5-7-9-11-13-15-17-19-21-22-23-24-25-26-27-28-29-30-31-32-33-34-35-36-37-38-40-42-44-46-48-50-52-54-56-66(84)79-61(62(83)55-53-51-49-47-45-43-41-39-20-18-16-14-12-10-8-6-4-2)60-92-76-72(90)69(87)74(64(58-81)94-76)97-78-73(91)70(88)75(65(59-82)95-78)96-77-71(89)68(86)67(85)63(57-80)93-77/h5,7,11,13,17,19,22-23,25-26,28-29,31-32,34-35,37-38,42,44-45,47,53,55,61-65,67-78,80-83,85-91H,3-4,6,8-10,12,14-16,18,20-21,24,27,30,33,36,39-41,43,46,48-52,54,56-60H2,1-2H3,(H,79,84)/b7-5-,13-11-,19-17-,23-22-,26-25-,29-28-,32-31-,35-34-,38-37-,44-42-,47-45+,55-53+. The quantitative estimate of drug-likeness (QED) is 0.0199. The molecule has 552 valence electrons. The summed E-state index contributed by atoms with van der Waals surface area (Å²) in [4.78, 5) is 13.4. The molecule has 0 aromatic carbocycles. The Bertz CT molecular complexity index is 2320. The summed E-state index contributed by atoms with van der Waals surface area (Å²) in [7, 11) is 0. The Balaban J connectivity index is 1.41. The number of carbonyl (C=O) groups is 1. The minimum Gasteiger partial charge on any atom is -0.394 e. The number of rotatable bonds is 54. The van der Waals surface area contributed by atoms with Gasteiger partial charge in [-0.1, -0.05) is 237 Å². The number of ether oxygens (including phenoxy) is 6. The molecule has 0 radical (unpaired) electrons. The molecular formula is C78H127NO18. The first-order valence-corrected chi connectivity index (χ1v) is 36.6. The predicted molar refractivity (Wildman–Crippen MR) is 382 cm³/mol. The molecule has 0 aromatic heterocycles. The Kier molecular flexibility index (Phi) is 51.3. The maximum Gasteiger partial charge on any atom is 0.220 e. The lowest BCUT2D eigenvalue weighted by Crippen LogP contribution is -2.66. The molecule has 19 nitrogen and oxygen atoms in total. The van der Waals surface area contributed by atoms with Gasteiger partial charge in [0.1, 0.15) is 73.2 Å². The van der Waals surface area contributed by atoms with E-state index in [4.69, 9.17) is 28.4 Å². The number of hydrogen-bond donors (Lipinski definition) is 12. The third-order valence-electron chi connectivity index (χ3n) is 17.1. The zero-order chi connectivity index (χ0) is 70.4. The first kappa shape index (κ1) is 86.9. The van der Waals surface area contributed by atoms with Gasteiger partial charge in [-0.2, -0.15) is 0 Å². The molecular weight excluding hydrogens is 1240 g/mol. The highest BCUT2D eigenvalue weighted by Gasteiger charge is 2.53. The number of hydrogen-bond acceptors (Lipinski definition) is 18. The smallest absolute Gasteiger partial charge is 0.220 e. The summed E-state index contributed by atoms with van der Waals surface area (Å²) in [5, 5.41) is 121. The van der Waals surface area contributed by atoms with Gasteiger partial charge in [0.2, 0.25) is 5.91 Å². The van der Waals surface area contributed by atoms with Gasteiger partial charge < -0.3 is 89.9 Å². The Morgan fingerprint density at radius 2 is 0.722 bits per heavy atom. The second-order valence-corrected chi connectivity index (χ2v) is 25.3. The van der Waals surface area contributed by atoms with Gasteiger partial charge in [0.25, 0.3) is 0 Å². The monoisotopic (exact) mass is 1370 g/mol. The van der Waals surface area contributed by atoms with E-state index in [-0.39, 0.29) is 18.9 Å². The van der Waals surface area contributed by atoms with Crippen LogP contribution in [0.1, 0.15) is 206 Å². The van der Waals surface area contributed by atoms with Crippen LogP contribution in [0.15, 0.2) is 146 Å². The number of unbranched alkanes of at least 4 members (excludes halogenated alkanes) is 16. The fraction of sp³-hybridized carbons (Fsp3) is 0.679. The van der Waals surface area contributed by atoms with E-state index in [9.17, 15) is 61.0 Å². The number of carbonyl (C=O) groups excluding carboxylic acids is 1. The SMILES string of the molecule is CC/C=C\C/C=C\C/C=C\C/C=C\C/C=C\C/C=C\C/C=C\C/C=C\C/C=C\C/C=C\CCCCCCC(=O)NC(COC1OC(CO)C(OC2OC(CO)C(OC3OC(CO)C(O)C(O)C3O)C(O)C2O)C(O)C1O)C(O)/C=C/CC/C=C/CCCCCCCCCCCCC. The third-order valence-corrected chi connectivity index (χ3v) is 17.1. The second kappa shape index (κ2) is 57.3. The molecule has 3 fully saturated rings. The van der Waals surface area contributed by atoms with E-state index < -0.39 is 124 Å². The van der Waals surface area contributed by atoms with Crippen molar-refractivity contribution in [2.45, 2.75) is 311 Å². The third kappa shape index (κ3) is 38.3. The van der Waals surface area contributed by atoms with Crippen LogP contribution >= 0.6 is 0 Å². The molecule has 0 aromatic rings. The molecule has 12 N–H and O–H groups in total. The van der Waals surface area contributed by atoms with Gasteiger partial charge in [0.05, 0.1) is 38.6 Å². The normalized spacial score (nSPS) is 27.8. The summed E-state index contributed by atoms with van der Waals surface area (Å²) < 4.78 is 34.3. The fourth-order valence-corrected chi connectivity index (χ4v) is 11.2. The zero-order valence-corrected chi connectivity index (χ0v) is 58.5. The Labute approximate surface area is 581 Å². The Morgan fingerprint density at radius 1 is 0.381 bits per heavy atom. The van der Waals surface area contributed by atoms with E-state index in [1.54, 1.807) is 6.08 Å². The Morgan fingerprint density at radius 3 is 1.15 bits per heavy atom. The molecule has 3 saturated heterocycles. The van der Waals surface area contributed by atoms with Crippen molar-refractivity contribution in [1.29, 1.82) is 0 Å². The van der Waals surface area contributed by atoms with Gasteiger partial charge in [-0.3, -0.25) is 4.79 Å². The van der Waals surface area contributed by atoms with Crippen molar-refractivity contribution in [3.63, 3.8) is 0 Å². The summed E-state index contributed by atoms with van der Waals surface area (Å²) in [6.45, 7) is 1.56. The molecule has 3 aliphatic heterocycles. The van der Waals surface area contributed by atoms with Crippen LogP contribution < -0.4 is 5.32 Å². The largest absolute Gasteiger partial charge is 0.394 e. The van der Waals surface area contributed by atoms with Crippen LogP contribution in [-0.4, -0.2) is 193 Å². The van der Waals surface area contributed by atoms with Crippen LogP contribution in [-0.2, 0) is 33.2 Å². The van der Waals surface area contributed by atoms with E-state index in [0.29, 0.717) is 12.8 Å². The maximum absolute atomic E-state index is 13.4. The first-order valence-electron chi connectivity index (χ1n) is 36.6. The van der Waals surface area contributed by atoms with Crippen molar-refractivity contribution in [1.82, 2.24) is 5.32 Å². The van der Waals surface area contributed by atoms with Crippen molar-refractivity contribution in [3.05, 3.63) is 146 Å². The zero-order valence-electron chi connectivity index (χ0n) is 58.5.